The lowest BCUT2D eigenvalue weighted by Crippen LogP contribution is -2.24. The van der Waals surface area contributed by atoms with Crippen LogP contribution in [-0.4, -0.2) is 17.7 Å². The Kier molecular flexibility index (Phi) is 4.28. The van der Waals surface area contributed by atoms with Crippen molar-refractivity contribution in [3.05, 3.63) is 40.0 Å². The zero-order valence-electron chi connectivity index (χ0n) is 12.1. The average Bonchev–Trinajstić information content (AvgIpc) is 2.62. The van der Waals surface area contributed by atoms with E-state index in [0.717, 1.165) is 21.4 Å². The lowest BCUT2D eigenvalue weighted by Gasteiger charge is -2.15. The predicted molar refractivity (Wildman–Crippen MR) is 85.8 cm³/mol. The number of benzene rings is 1. The molecule has 0 fully saturated rings. The Labute approximate surface area is 127 Å². The quantitative estimate of drug-likeness (QED) is 0.861. The van der Waals surface area contributed by atoms with Crippen LogP contribution in [0.3, 0.4) is 0 Å². The Morgan fingerprint density at radius 3 is 2.65 bits per heavy atom. The molecule has 20 heavy (non-hydrogen) atoms. The third kappa shape index (κ3) is 2.93. The van der Waals surface area contributed by atoms with E-state index >= 15 is 0 Å². The first-order chi connectivity index (χ1) is 9.40. The molecule has 2 rings (SSSR count). The lowest BCUT2D eigenvalue weighted by atomic mass is 10.1. The Bertz CT molecular complexity index is 605. The molecular weight excluding hydrogens is 318 g/mol. The van der Waals surface area contributed by atoms with Crippen molar-refractivity contribution in [2.24, 2.45) is 5.10 Å². The van der Waals surface area contributed by atoms with Gasteiger partial charge in [0, 0.05) is 16.7 Å². The summed E-state index contributed by atoms with van der Waals surface area (Å²) in [4.78, 5) is 12.5. The van der Waals surface area contributed by atoms with E-state index in [2.05, 4.69) is 26.3 Å². The van der Waals surface area contributed by atoms with Crippen LogP contribution in [0.5, 0.6) is 0 Å². The second kappa shape index (κ2) is 5.79. The molecule has 0 aliphatic carbocycles. The Morgan fingerprint density at radius 1 is 1.35 bits per heavy atom. The minimum absolute atomic E-state index is 0.0962. The summed E-state index contributed by atoms with van der Waals surface area (Å²) >= 11 is 3.42. The Balaban J connectivity index is 2.32. The summed E-state index contributed by atoms with van der Waals surface area (Å²) in [5.74, 6) is -0.0962. The van der Waals surface area contributed by atoms with Crippen LogP contribution in [0.1, 0.15) is 26.3 Å². The molecule has 5 heteroatoms. The molecule has 0 saturated carbocycles. The number of anilines is 1. The van der Waals surface area contributed by atoms with Crippen LogP contribution in [0, 0.1) is 6.92 Å². The van der Waals surface area contributed by atoms with Crippen LogP contribution < -0.4 is 10.3 Å². The highest BCUT2D eigenvalue weighted by atomic mass is 79.9. The summed E-state index contributed by atoms with van der Waals surface area (Å²) < 4.78 is 0.989. The standard InChI is InChI=1S/C15H18BrN3O/c1-9(2)17-8-13-11(4)18-19(15(13)20)14-6-5-12(16)7-10(14)3/h5-9,17H,1-4H3/b13-8-. The van der Waals surface area contributed by atoms with Gasteiger partial charge in [0.2, 0.25) is 0 Å². The first-order valence-electron chi connectivity index (χ1n) is 6.52. The molecule has 4 nitrogen and oxygen atoms in total. The maximum Gasteiger partial charge on any atom is 0.282 e. The molecule has 1 aliphatic heterocycles. The topological polar surface area (TPSA) is 44.7 Å². The van der Waals surface area contributed by atoms with Gasteiger partial charge in [-0.3, -0.25) is 4.79 Å². The fourth-order valence-corrected chi connectivity index (χ4v) is 2.43. The van der Waals surface area contributed by atoms with Gasteiger partial charge in [0.25, 0.3) is 5.91 Å². The van der Waals surface area contributed by atoms with Crippen LogP contribution >= 0.6 is 15.9 Å². The van der Waals surface area contributed by atoms with Gasteiger partial charge in [-0.15, -0.1) is 0 Å². The molecule has 1 aromatic carbocycles. The van der Waals surface area contributed by atoms with E-state index in [1.807, 2.05) is 45.9 Å². The third-order valence-electron chi connectivity index (χ3n) is 3.01. The van der Waals surface area contributed by atoms with E-state index in [4.69, 9.17) is 0 Å². The molecular formula is C15H18BrN3O. The second-order valence-electron chi connectivity index (χ2n) is 5.11. The van der Waals surface area contributed by atoms with Crippen LogP contribution in [0.4, 0.5) is 5.69 Å². The van der Waals surface area contributed by atoms with Gasteiger partial charge in [-0.2, -0.15) is 10.1 Å². The summed E-state index contributed by atoms with van der Waals surface area (Å²) in [5, 5.41) is 8.98. The molecule has 1 amide bonds. The number of rotatable bonds is 3. The molecule has 0 unspecified atom stereocenters. The predicted octanol–water partition coefficient (Wildman–Crippen LogP) is 3.36. The molecule has 106 valence electrons. The van der Waals surface area contributed by atoms with Crippen LogP contribution in [0.25, 0.3) is 0 Å². The number of hydrazone groups is 1. The van der Waals surface area contributed by atoms with Gasteiger partial charge in [-0.05, 0) is 51.5 Å². The van der Waals surface area contributed by atoms with Gasteiger partial charge in [0.15, 0.2) is 0 Å². The van der Waals surface area contributed by atoms with Crippen molar-refractivity contribution in [2.75, 3.05) is 5.01 Å². The SMILES string of the molecule is CC1=NN(c2ccc(Br)cc2C)C(=O)/C1=C\NC(C)C. The number of carbonyl (C=O) groups is 1. The maximum absolute atomic E-state index is 12.5. The minimum Gasteiger partial charge on any atom is -0.388 e. The van der Waals surface area contributed by atoms with Gasteiger partial charge < -0.3 is 5.32 Å². The molecule has 1 aliphatic rings. The van der Waals surface area contributed by atoms with Gasteiger partial charge >= 0.3 is 0 Å². The first-order valence-corrected chi connectivity index (χ1v) is 7.32. The van der Waals surface area contributed by atoms with Crippen LogP contribution in [0.15, 0.2) is 39.5 Å². The number of amides is 1. The van der Waals surface area contributed by atoms with Crippen molar-refractivity contribution in [3.63, 3.8) is 0 Å². The summed E-state index contributed by atoms with van der Waals surface area (Å²) in [7, 11) is 0. The van der Waals surface area contributed by atoms with Crippen molar-refractivity contribution >= 4 is 33.2 Å². The molecule has 0 saturated heterocycles. The molecule has 1 heterocycles. The van der Waals surface area contributed by atoms with Gasteiger partial charge in [-0.25, -0.2) is 0 Å². The van der Waals surface area contributed by atoms with Gasteiger partial charge in [0.05, 0.1) is 17.0 Å². The van der Waals surface area contributed by atoms with Crippen LogP contribution in [0.2, 0.25) is 0 Å². The number of halogens is 1. The fraction of sp³-hybridized carbons (Fsp3) is 0.333. The van der Waals surface area contributed by atoms with E-state index in [1.165, 1.54) is 5.01 Å². The monoisotopic (exact) mass is 335 g/mol. The van der Waals surface area contributed by atoms with E-state index in [1.54, 1.807) is 6.20 Å². The van der Waals surface area contributed by atoms with Crippen molar-refractivity contribution in [1.82, 2.24) is 5.32 Å². The van der Waals surface area contributed by atoms with E-state index < -0.39 is 0 Å². The highest BCUT2D eigenvalue weighted by Crippen LogP contribution is 2.28. The second-order valence-corrected chi connectivity index (χ2v) is 6.03. The van der Waals surface area contributed by atoms with E-state index in [-0.39, 0.29) is 11.9 Å². The zero-order valence-corrected chi connectivity index (χ0v) is 13.7. The van der Waals surface area contributed by atoms with Crippen molar-refractivity contribution in [2.45, 2.75) is 33.7 Å². The van der Waals surface area contributed by atoms with Gasteiger partial charge in [-0.1, -0.05) is 15.9 Å². The Hall–Kier alpha value is -1.62. The average molecular weight is 336 g/mol. The maximum atomic E-state index is 12.5. The summed E-state index contributed by atoms with van der Waals surface area (Å²) in [6.07, 6.45) is 1.75. The molecule has 1 N–H and O–H groups in total. The fourth-order valence-electron chi connectivity index (χ4n) is 1.95. The van der Waals surface area contributed by atoms with E-state index in [9.17, 15) is 4.79 Å². The minimum atomic E-state index is -0.0962. The third-order valence-corrected chi connectivity index (χ3v) is 3.50. The number of hydrogen-bond acceptors (Lipinski definition) is 3. The molecule has 1 aromatic rings. The smallest absolute Gasteiger partial charge is 0.282 e. The largest absolute Gasteiger partial charge is 0.388 e. The highest BCUT2D eigenvalue weighted by molar-refractivity contribution is 9.10. The Morgan fingerprint density at radius 2 is 2.05 bits per heavy atom. The molecule has 0 bridgehead atoms. The summed E-state index contributed by atoms with van der Waals surface area (Å²) in [6.45, 7) is 7.87. The molecule has 0 aromatic heterocycles. The normalized spacial score (nSPS) is 17.1. The number of hydrogen-bond donors (Lipinski definition) is 1. The van der Waals surface area contributed by atoms with E-state index in [0.29, 0.717) is 5.57 Å². The summed E-state index contributed by atoms with van der Waals surface area (Å²) in [5.41, 5.74) is 3.15. The molecule has 0 radical (unpaired) electrons. The zero-order chi connectivity index (χ0) is 14.9. The number of nitrogens with one attached hydrogen (secondary N) is 1. The number of aryl methyl sites for hydroxylation is 1. The first kappa shape index (κ1) is 14.8. The molecule has 0 spiro atoms. The highest BCUT2D eigenvalue weighted by Gasteiger charge is 2.29. The number of nitrogens with zero attached hydrogens (tertiary/aromatic N) is 2. The lowest BCUT2D eigenvalue weighted by molar-refractivity contribution is -0.114. The number of carbonyl (C=O) groups excluding carboxylic acids is 1. The van der Waals surface area contributed by atoms with Crippen molar-refractivity contribution in [3.8, 4) is 0 Å². The molecule has 0 atom stereocenters. The summed E-state index contributed by atoms with van der Waals surface area (Å²) in [6, 6.07) is 6.06. The van der Waals surface area contributed by atoms with Gasteiger partial charge in [0.1, 0.15) is 0 Å². The van der Waals surface area contributed by atoms with Crippen molar-refractivity contribution in [1.29, 1.82) is 0 Å². The van der Waals surface area contributed by atoms with Crippen LogP contribution in [-0.2, 0) is 4.79 Å². The van der Waals surface area contributed by atoms with Crippen molar-refractivity contribution < 1.29 is 4.79 Å².